The van der Waals surface area contributed by atoms with Gasteiger partial charge in [0, 0.05) is 31.2 Å². The minimum atomic E-state index is -1.15. The molecule has 1 aliphatic carbocycles. The zero-order valence-electron chi connectivity index (χ0n) is 30.7. The lowest BCUT2D eigenvalue weighted by Gasteiger charge is -2.47. The first-order chi connectivity index (χ1) is 22.5. The number of cyclic esters (lactones) is 1. The first-order valence-electron chi connectivity index (χ1n) is 18.0. The Morgan fingerprint density at radius 1 is 1.10 bits per heavy atom. The molecule has 0 aromatic rings. The van der Waals surface area contributed by atoms with Crippen LogP contribution in [0.4, 0.5) is 4.79 Å². The predicted octanol–water partition coefficient (Wildman–Crippen LogP) is 2.37. The topological polar surface area (TPSA) is 157 Å². The Bertz CT molecular complexity index is 1120. The molecule has 3 aliphatic heterocycles. The van der Waals surface area contributed by atoms with Gasteiger partial charge in [-0.25, -0.2) is 4.79 Å². The van der Waals surface area contributed by atoms with Crippen LogP contribution in [0.15, 0.2) is 0 Å². The summed E-state index contributed by atoms with van der Waals surface area (Å²) in [6.45, 7) is 14.2. The molecule has 4 rings (SSSR count). The van der Waals surface area contributed by atoms with Gasteiger partial charge >= 0.3 is 12.1 Å². The molecule has 4 aliphatic rings. The molecule has 1 saturated carbocycles. The van der Waals surface area contributed by atoms with E-state index in [0.29, 0.717) is 31.8 Å². The second kappa shape index (κ2) is 16.0. The fourth-order valence-electron chi connectivity index (χ4n) is 7.94. The van der Waals surface area contributed by atoms with E-state index in [-0.39, 0.29) is 29.9 Å². The maximum absolute atomic E-state index is 14.2. The van der Waals surface area contributed by atoms with E-state index in [9.17, 15) is 19.5 Å². The third-order valence-electron chi connectivity index (χ3n) is 11.2. The maximum atomic E-state index is 14.2. The van der Waals surface area contributed by atoms with E-state index in [1.165, 1.54) is 19.8 Å². The highest BCUT2D eigenvalue weighted by Gasteiger charge is 2.55. The SMILES string of the molecule is CC[C@@H]1OC(=O)[C@H](C)C(=O)[C@H](C)[C@@H](O[C@@H]2O[C@H](CCNC3CC3)CC(N(C)C)C2O)[C@](C)(OC)C[C@@H](C)CN[C@H](C)[C@H]2NC(=O)O[C@]12C. The van der Waals surface area contributed by atoms with Crippen LogP contribution in [0.2, 0.25) is 0 Å². The Balaban J connectivity index is 1.65. The molecule has 3 saturated heterocycles. The van der Waals surface area contributed by atoms with Crippen molar-refractivity contribution in [3.05, 3.63) is 0 Å². The number of carbonyl (C=O) groups is 3. The minimum Gasteiger partial charge on any atom is -0.458 e. The fraction of sp³-hybridized carbons (Fsp3) is 0.914. The van der Waals surface area contributed by atoms with E-state index in [1.807, 2.05) is 39.8 Å². The van der Waals surface area contributed by atoms with Gasteiger partial charge in [0.15, 0.2) is 17.7 Å². The standard InChI is InChI=1S/C35H62N4O9/c1-11-26-35(7)29(38-33(43)48-35)22(5)37-18-19(2)17-34(6,44-10)30(20(3)27(40)21(4)31(42)46-26)47-32-28(41)25(39(8)9)16-24(45-32)14-15-36-23-12-13-23/h19-26,28-30,32,36-37,41H,11-18H2,1-10H3,(H,38,43)/t19-,20+,21-,22-,24-,25?,26+,28?,29-,30-,32+,34-,35-/m1/s1. The average Bonchev–Trinajstić information content (AvgIpc) is 3.81. The van der Waals surface area contributed by atoms with Crippen LogP contribution in [-0.2, 0) is 33.3 Å². The molecule has 13 heteroatoms. The van der Waals surface area contributed by atoms with Gasteiger partial charge in [0.25, 0.3) is 0 Å². The fourth-order valence-corrected chi connectivity index (χ4v) is 7.94. The van der Waals surface area contributed by atoms with Gasteiger partial charge in [-0.15, -0.1) is 0 Å². The first-order valence-corrected chi connectivity index (χ1v) is 18.0. The van der Waals surface area contributed by atoms with Gasteiger partial charge < -0.3 is 49.6 Å². The van der Waals surface area contributed by atoms with E-state index in [1.54, 1.807) is 21.0 Å². The van der Waals surface area contributed by atoms with Crippen LogP contribution in [0, 0.1) is 17.8 Å². The quantitative estimate of drug-likeness (QED) is 0.208. The summed E-state index contributed by atoms with van der Waals surface area (Å²) in [4.78, 5) is 42.3. The number of ketones is 1. The zero-order chi connectivity index (χ0) is 35.6. The summed E-state index contributed by atoms with van der Waals surface area (Å²) < 4.78 is 31.2. The van der Waals surface area contributed by atoms with Gasteiger partial charge in [0.1, 0.15) is 18.1 Å². The molecule has 0 aromatic heterocycles. The largest absolute Gasteiger partial charge is 0.458 e. The Morgan fingerprint density at radius 2 is 1.79 bits per heavy atom. The molecular weight excluding hydrogens is 620 g/mol. The normalized spacial score (nSPS) is 43.5. The number of nitrogens with zero attached hydrogens (tertiary/aromatic N) is 1. The number of aliphatic hydroxyl groups is 1. The zero-order valence-corrected chi connectivity index (χ0v) is 30.7. The summed E-state index contributed by atoms with van der Waals surface area (Å²) in [5.41, 5.74) is -2.16. The van der Waals surface area contributed by atoms with Gasteiger partial charge in [-0.3, -0.25) is 9.59 Å². The number of rotatable bonds is 9. The molecule has 13 nitrogen and oxygen atoms in total. The number of esters is 1. The molecule has 1 amide bonds. The third kappa shape index (κ3) is 8.70. The van der Waals surface area contributed by atoms with Crippen LogP contribution in [0.25, 0.3) is 0 Å². The van der Waals surface area contributed by atoms with Crippen molar-refractivity contribution in [2.24, 2.45) is 17.8 Å². The highest BCUT2D eigenvalue weighted by molar-refractivity contribution is 6.00. The molecular formula is C35H62N4O9. The van der Waals surface area contributed by atoms with Crippen molar-refractivity contribution in [3.63, 3.8) is 0 Å². The number of hydrogen-bond acceptors (Lipinski definition) is 12. The number of ether oxygens (including phenoxy) is 5. The van der Waals surface area contributed by atoms with Crippen molar-refractivity contribution < 1.29 is 43.2 Å². The summed E-state index contributed by atoms with van der Waals surface area (Å²) >= 11 is 0. The number of Topliss-reactive ketones (excluding diaryl/α,β-unsaturated/α-hetero) is 1. The van der Waals surface area contributed by atoms with Crippen molar-refractivity contribution in [1.29, 1.82) is 0 Å². The molecule has 276 valence electrons. The van der Waals surface area contributed by atoms with Gasteiger partial charge in [-0.05, 0) is 99.3 Å². The number of aliphatic hydroxyl groups excluding tert-OH is 1. The van der Waals surface area contributed by atoms with E-state index in [4.69, 9.17) is 23.7 Å². The Kier molecular flexibility index (Phi) is 13.0. The lowest BCUT2D eigenvalue weighted by molar-refractivity contribution is -0.298. The second-order valence-electron chi connectivity index (χ2n) is 15.4. The Hall–Kier alpha value is -1.87. The van der Waals surface area contributed by atoms with Crippen LogP contribution in [0.5, 0.6) is 0 Å². The number of nitrogens with one attached hydrogen (secondary N) is 3. The molecule has 13 atom stereocenters. The van der Waals surface area contributed by atoms with E-state index >= 15 is 0 Å². The lowest BCUT2D eigenvalue weighted by Crippen LogP contribution is -2.60. The molecule has 4 fully saturated rings. The maximum Gasteiger partial charge on any atom is 0.408 e. The van der Waals surface area contributed by atoms with Crippen LogP contribution in [0.3, 0.4) is 0 Å². The molecule has 0 spiro atoms. The molecule has 0 aromatic carbocycles. The van der Waals surface area contributed by atoms with Crippen molar-refractivity contribution in [1.82, 2.24) is 20.9 Å². The molecule has 2 unspecified atom stereocenters. The Labute approximate surface area is 286 Å². The van der Waals surface area contributed by atoms with E-state index in [0.717, 1.165) is 13.0 Å². The van der Waals surface area contributed by atoms with Gasteiger partial charge in [0.2, 0.25) is 0 Å². The highest BCUT2D eigenvalue weighted by Crippen LogP contribution is 2.38. The number of fused-ring (bicyclic) bond motifs is 1. The summed E-state index contributed by atoms with van der Waals surface area (Å²) in [6, 6.07) is -0.365. The number of carbonyl (C=O) groups excluding carboxylic acids is 3. The van der Waals surface area contributed by atoms with Crippen LogP contribution < -0.4 is 16.0 Å². The minimum absolute atomic E-state index is 0.0328. The van der Waals surface area contributed by atoms with Crippen LogP contribution in [-0.4, -0.2) is 128 Å². The van der Waals surface area contributed by atoms with Gasteiger partial charge in [-0.1, -0.05) is 20.8 Å². The monoisotopic (exact) mass is 682 g/mol. The number of alkyl carbamates (subject to hydrolysis) is 1. The van der Waals surface area contributed by atoms with Crippen molar-refractivity contribution in [2.45, 2.75) is 153 Å². The average molecular weight is 683 g/mol. The van der Waals surface area contributed by atoms with Gasteiger partial charge in [0.05, 0.1) is 23.9 Å². The van der Waals surface area contributed by atoms with E-state index in [2.05, 4.69) is 22.9 Å². The molecule has 4 N–H and O–H groups in total. The molecule has 0 bridgehead atoms. The predicted molar refractivity (Wildman–Crippen MR) is 179 cm³/mol. The Morgan fingerprint density at radius 3 is 2.40 bits per heavy atom. The summed E-state index contributed by atoms with van der Waals surface area (Å²) in [7, 11) is 5.46. The number of methoxy groups -OCH3 is 1. The van der Waals surface area contributed by atoms with Gasteiger partial charge in [-0.2, -0.15) is 0 Å². The number of amides is 1. The van der Waals surface area contributed by atoms with Crippen molar-refractivity contribution in [2.75, 3.05) is 34.3 Å². The van der Waals surface area contributed by atoms with Crippen LogP contribution in [0.1, 0.15) is 87.0 Å². The highest BCUT2D eigenvalue weighted by atomic mass is 16.7. The van der Waals surface area contributed by atoms with Crippen molar-refractivity contribution >= 4 is 17.8 Å². The van der Waals surface area contributed by atoms with Crippen LogP contribution >= 0.6 is 0 Å². The first kappa shape index (κ1) is 38.9. The van der Waals surface area contributed by atoms with E-state index < -0.39 is 65.7 Å². The number of hydrogen-bond donors (Lipinski definition) is 4. The molecule has 3 heterocycles. The third-order valence-corrected chi connectivity index (χ3v) is 11.2. The van der Waals surface area contributed by atoms with Crippen molar-refractivity contribution in [3.8, 4) is 0 Å². The summed E-state index contributed by atoms with van der Waals surface area (Å²) in [5, 5.41) is 21.6. The molecule has 48 heavy (non-hydrogen) atoms. The number of likely N-dealkylation sites (N-methyl/N-ethyl adjacent to an activating group) is 1. The lowest BCUT2D eigenvalue weighted by atomic mass is 9.78. The smallest absolute Gasteiger partial charge is 0.408 e. The summed E-state index contributed by atoms with van der Waals surface area (Å²) in [5.74, 6) is -3.01. The molecule has 0 radical (unpaired) electrons. The second-order valence-corrected chi connectivity index (χ2v) is 15.4. The summed E-state index contributed by atoms with van der Waals surface area (Å²) in [6.07, 6.45) is 0.276.